The number of aryl methyl sites for hydroxylation is 2. The summed E-state index contributed by atoms with van der Waals surface area (Å²) in [6, 6.07) is 12.7. The van der Waals surface area contributed by atoms with Gasteiger partial charge in [-0.05, 0) is 85.4 Å². The molecule has 0 spiro atoms. The van der Waals surface area contributed by atoms with Crippen LogP contribution in [0.5, 0.6) is 5.75 Å². The number of ether oxygens (including phenoxy) is 1. The Balaban J connectivity index is 1.07. The van der Waals surface area contributed by atoms with Gasteiger partial charge >= 0.3 is 5.97 Å². The van der Waals surface area contributed by atoms with Crippen molar-refractivity contribution in [3.63, 3.8) is 0 Å². The summed E-state index contributed by atoms with van der Waals surface area (Å²) in [5.74, 6) is -0.0319. The normalized spacial score (nSPS) is 33.1. The largest absolute Gasteiger partial charge is 0.426 e. The van der Waals surface area contributed by atoms with Crippen molar-refractivity contribution >= 4 is 35.1 Å². The van der Waals surface area contributed by atoms with E-state index in [1.165, 1.54) is 4.90 Å². The minimum atomic E-state index is -0.563. The fourth-order valence-electron chi connectivity index (χ4n) is 7.25. The smallest absolute Gasteiger partial charge is 0.316 e. The van der Waals surface area contributed by atoms with Crippen molar-refractivity contribution in [2.24, 2.45) is 41.4 Å². The number of rotatable bonds is 4. The van der Waals surface area contributed by atoms with Crippen LogP contribution in [0.3, 0.4) is 0 Å². The molecule has 2 aromatic carbocycles. The third-order valence-corrected chi connectivity index (χ3v) is 9.06. The van der Waals surface area contributed by atoms with Gasteiger partial charge in [0.15, 0.2) is 0 Å². The molecular weight excluding hydrogens is 468 g/mol. The van der Waals surface area contributed by atoms with Crippen LogP contribution in [-0.4, -0.2) is 30.2 Å². The maximum Gasteiger partial charge on any atom is 0.316 e. The molecule has 0 N–H and O–H groups in total. The number of benzene rings is 2. The molecule has 4 aliphatic carbocycles. The third kappa shape index (κ3) is 3.32. The lowest BCUT2D eigenvalue weighted by atomic mass is 9.63. The number of esters is 1. The minimum Gasteiger partial charge on any atom is -0.426 e. The maximum atomic E-state index is 13.4. The van der Waals surface area contributed by atoms with Crippen molar-refractivity contribution in [3.05, 3.63) is 65.7 Å². The molecule has 0 unspecified atom stereocenters. The quantitative estimate of drug-likeness (QED) is 0.278. The summed E-state index contributed by atoms with van der Waals surface area (Å²) in [6.45, 7) is 4.05. The van der Waals surface area contributed by atoms with Gasteiger partial charge in [0.2, 0.25) is 17.7 Å². The van der Waals surface area contributed by atoms with Crippen LogP contribution in [0.15, 0.2) is 54.6 Å². The Kier molecular flexibility index (Phi) is 4.78. The zero-order valence-corrected chi connectivity index (χ0v) is 20.8. The lowest BCUT2D eigenvalue weighted by Crippen LogP contribution is -2.40. The summed E-state index contributed by atoms with van der Waals surface area (Å²) in [6.07, 6.45) is 5.56. The molecule has 2 saturated heterocycles. The first kappa shape index (κ1) is 22.5. The van der Waals surface area contributed by atoms with Crippen molar-refractivity contribution < 1.29 is 23.9 Å². The molecule has 37 heavy (non-hydrogen) atoms. The number of carbonyl (C=O) groups is 4. The summed E-state index contributed by atoms with van der Waals surface area (Å²) in [4.78, 5) is 55.4. The molecule has 2 saturated carbocycles. The van der Waals surface area contributed by atoms with Crippen LogP contribution in [0.2, 0.25) is 0 Å². The van der Waals surface area contributed by atoms with Crippen LogP contribution in [0.1, 0.15) is 24.0 Å². The fraction of sp³-hybridized carbons (Fsp3) is 0.400. The maximum absolute atomic E-state index is 13.4. The summed E-state index contributed by atoms with van der Waals surface area (Å²) in [5, 5.41) is 0. The van der Waals surface area contributed by atoms with E-state index in [4.69, 9.17) is 4.74 Å². The van der Waals surface area contributed by atoms with Crippen molar-refractivity contribution in [3.8, 4) is 5.75 Å². The SMILES string of the molecule is Cc1cccc(N2C[C@H](C(=O)Oc3ccc(N4C(=O)[C@@H]5[C@H]6C=C[C@@H]([C@@H]7C[C@H]67)[C@@H]5C4=O)c(C)c3)CC2=O)c1. The molecule has 2 aromatic rings. The van der Waals surface area contributed by atoms with E-state index in [9.17, 15) is 19.2 Å². The molecule has 2 heterocycles. The molecule has 8 rings (SSSR count). The highest BCUT2D eigenvalue weighted by Gasteiger charge is 2.67. The van der Waals surface area contributed by atoms with Crippen molar-refractivity contribution in [1.82, 2.24) is 0 Å². The molecular formula is C30H28N2O5. The number of hydrogen-bond donors (Lipinski definition) is 0. The lowest BCUT2D eigenvalue weighted by molar-refractivity contribution is -0.139. The standard InChI is InChI=1S/C30H28N2O5/c1-15-4-3-5-18(10-15)31-14-17(12-25(31)33)30(36)37-19-6-9-24(16(2)11-19)32-28(34)26-20-7-8-21(23-13-22(20)23)27(26)29(32)35/h3-11,17,20-23,26-27H,12-14H2,1-2H3/t17-,20+,21+,22-,23+,26-,27+/m1/s1. The first-order valence-electron chi connectivity index (χ1n) is 13.1. The average Bonchev–Trinajstić information content (AvgIpc) is 3.55. The highest BCUT2D eigenvalue weighted by Crippen LogP contribution is 2.65. The van der Waals surface area contributed by atoms with Crippen molar-refractivity contribution in [1.29, 1.82) is 0 Å². The highest BCUT2D eigenvalue weighted by atomic mass is 16.5. The first-order chi connectivity index (χ1) is 17.8. The first-order valence-corrected chi connectivity index (χ1v) is 13.1. The van der Waals surface area contributed by atoms with E-state index < -0.39 is 11.9 Å². The second kappa shape index (κ2) is 7.88. The summed E-state index contributed by atoms with van der Waals surface area (Å²) in [5.41, 5.74) is 3.07. The monoisotopic (exact) mass is 496 g/mol. The van der Waals surface area contributed by atoms with E-state index in [2.05, 4.69) is 12.2 Å². The zero-order valence-electron chi connectivity index (χ0n) is 20.8. The number of amides is 3. The van der Waals surface area contributed by atoms with Gasteiger partial charge in [-0.2, -0.15) is 0 Å². The number of hydrogen-bond acceptors (Lipinski definition) is 5. The Morgan fingerprint density at radius 2 is 1.62 bits per heavy atom. The predicted molar refractivity (Wildman–Crippen MR) is 136 cm³/mol. The van der Waals surface area contributed by atoms with Gasteiger partial charge < -0.3 is 9.64 Å². The molecule has 2 bridgehead atoms. The van der Waals surface area contributed by atoms with E-state index >= 15 is 0 Å². The summed E-state index contributed by atoms with van der Waals surface area (Å²) in [7, 11) is 0. The van der Waals surface area contributed by atoms with Crippen LogP contribution in [0.25, 0.3) is 0 Å². The molecule has 4 fully saturated rings. The predicted octanol–water partition coefficient (Wildman–Crippen LogP) is 3.82. The van der Waals surface area contributed by atoms with Crippen LogP contribution in [0.4, 0.5) is 11.4 Å². The van der Waals surface area contributed by atoms with Gasteiger partial charge in [0.05, 0.1) is 23.4 Å². The number of anilines is 2. The van der Waals surface area contributed by atoms with Crippen LogP contribution >= 0.6 is 0 Å². The van der Waals surface area contributed by atoms with Crippen molar-refractivity contribution in [2.45, 2.75) is 26.7 Å². The Labute approximate surface area is 215 Å². The van der Waals surface area contributed by atoms with Gasteiger partial charge in [-0.25, -0.2) is 4.90 Å². The second-order valence-corrected chi connectivity index (χ2v) is 11.3. The van der Waals surface area contributed by atoms with Crippen LogP contribution < -0.4 is 14.5 Å². The molecule has 2 aliphatic heterocycles. The molecule has 0 radical (unpaired) electrons. The molecule has 0 aromatic heterocycles. The second-order valence-electron chi connectivity index (χ2n) is 11.3. The van der Waals surface area contributed by atoms with E-state index in [-0.39, 0.29) is 54.4 Å². The van der Waals surface area contributed by atoms with Crippen LogP contribution in [-0.2, 0) is 19.2 Å². The van der Waals surface area contributed by atoms with E-state index in [0.717, 1.165) is 17.7 Å². The number of imide groups is 1. The van der Waals surface area contributed by atoms with Gasteiger partial charge in [-0.1, -0.05) is 24.3 Å². The Morgan fingerprint density at radius 3 is 2.27 bits per heavy atom. The molecule has 188 valence electrons. The van der Waals surface area contributed by atoms with E-state index in [1.54, 1.807) is 23.1 Å². The molecule has 7 nitrogen and oxygen atoms in total. The summed E-state index contributed by atoms with van der Waals surface area (Å²) >= 11 is 0. The van der Waals surface area contributed by atoms with Gasteiger partial charge in [-0.3, -0.25) is 19.2 Å². The van der Waals surface area contributed by atoms with Gasteiger partial charge in [0, 0.05) is 18.7 Å². The Hall–Kier alpha value is -3.74. The number of allylic oxidation sites excluding steroid dienone is 2. The lowest BCUT2D eigenvalue weighted by Gasteiger charge is -2.37. The Morgan fingerprint density at radius 1 is 0.919 bits per heavy atom. The van der Waals surface area contributed by atoms with Gasteiger partial charge in [-0.15, -0.1) is 0 Å². The minimum absolute atomic E-state index is 0.0990. The average molecular weight is 497 g/mol. The van der Waals surface area contributed by atoms with E-state index in [0.29, 0.717) is 28.8 Å². The van der Waals surface area contributed by atoms with E-state index in [1.807, 2.05) is 38.1 Å². The molecule has 7 atom stereocenters. The van der Waals surface area contributed by atoms with Gasteiger partial charge in [0.1, 0.15) is 5.75 Å². The number of nitrogens with zero attached hydrogens (tertiary/aromatic N) is 2. The zero-order chi connectivity index (χ0) is 25.6. The Bertz CT molecular complexity index is 1380. The topological polar surface area (TPSA) is 84.0 Å². The molecule has 6 aliphatic rings. The molecule has 7 heteroatoms. The summed E-state index contributed by atoms with van der Waals surface area (Å²) < 4.78 is 5.65. The molecule has 3 amide bonds. The fourth-order valence-corrected chi connectivity index (χ4v) is 7.25. The highest BCUT2D eigenvalue weighted by molar-refractivity contribution is 6.23. The van der Waals surface area contributed by atoms with Gasteiger partial charge in [0.25, 0.3) is 0 Å². The van der Waals surface area contributed by atoms with Crippen LogP contribution in [0, 0.1) is 55.3 Å². The van der Waals surface area contributed by atoms with Crippen molar-refractivity contribution in [2.75, 3.05) is 16.3 Å². The third-order valence-electron chi connectivity index (χ3n) is 9.06. The number of carbonyl (C=O) groups excluding carboxylic acids is 4.